The van der Waals surface area contributed by atoms with Crippen LogP contribution in [0.4, 0.5) is 5.82 Å². The normalized spacial score (nSPS) is 10.4. The van der Waals surface area contributed by atoms with Crippen LogP contribution < -0.4 is 14.8 Å². The average Bonchev–Trinajstić information content (AvgIpc) is 2.68. The number of aromatic nitrogens is 2. The maximum absolute atomic E-state index is 9.68. The highest BCUT2D eigenvalue weighted by Crippen LogP contribution is 2.25. The van der Waals surface area contributed by atoms with Crippen LogP contribution >= 0.6 is 0 Å². The molecule has 1 heterocycles. The monoisotopic (exact) mass is 351 g/mol. The number of nitrogens with zero attached hydrogens (tertiary/aromatic N) is 2. The van der Waals surface area contributed by atoms with E-state index in [1.54, 1.807) is 25.3 Å². The number of phenolic OH excluding ortho intramolecular Hbond substituents is 1. The Labute approximate surface area is 152 Å². The van der Waals surface area contributed by atoms with Crippen molar-refractivity contribution in [2.24, 2.45) is 0 Å². The number of ether oxygens (including phenoxy) is 2. The minimum Gasteiger partial charge on any atom is -0.508 e. The van der Waals surface area contributed by atoms with Crippen molar-refractivity contribution < 1.29 is 14.6 Å². The van der Waals surface area contributed by atoms with Crippen LogP contribution in [0.2, 0.25) is 0 Å². The van der Waals surface area contributed by atoms with E-state index in [0.29, 0.717) is 18.1 Å². The molecule has 3 rings (SSSR count). The lowest BCUT2D eigenvalue weighted by Crippen LogP contribution is -2.08. The maximum Gasteiger partial charge on any atom is 0.318 e. The quantitative estimate of drug-likeness (QED) is 0.678. The lowest BCUT2D eigenvalue weighted by Gasteiger charge is -2.10. The van der Waals surface area contributed by atoms with Gasteiger partial charge in [-0.25, -0.2) is 0 Å². The third-order valence-corrected chi connectivity index (χ3v) is 3.91. The van der Waals surface area contributed by atoms with Gasteiger partial charge in [-0.2, -0.15) is 9.97 Å². The summed E-state index contributed by atoms with van der Waals surface area (Å²) < 4.78 is 10.4. The van der Waals surface area contributed by atoms with Gasteiger partial charge >= 0.3 is 6.01 Å². The van der Waals surface area contributed by atoms with Gasteiger partial charge in [0, 0.05) is 18.2 Å². The molecule has 6 heteroatoms. The molecule has 0 spiro atoms. The number of anilines is 1. The molecule has 0 fully saturated rings. The van der Waals surface area contributed by atoms with Crippen molar-refractivity contribution in [2.45, 2.75) is 6.42 Å². The number of rotatable bonds is 7. The molecule has 0 radical (unpaired) electrons. The van der Waals surface area contributed by atoms with Gasteiger partial charge in [-0.05, 0) is 36.2 Å². The standard InChI is InChI=1S/C20H21N3O3/c1-25-17-8-6-14(7-9-17)10-11-21-19-13-18(22-20(23-19)26-2)15-4-3-5-16(24)12-15/h3-9,12-13,24H,10-11H2,1-2H3,(H,21,22,23). The molecule has 0 aliphatic rings. The van der Waals surface area contributed by atoms with Crippen LogP contribution in [0.5, 0.6) is 17.5 Å². The van der Waals surface area contributed by atoms with E-state index in [4.69, 9.17) is 9.47 Å². The Morgan fingerprint density at radius 1 is 0.962 bits per heavy atom. The molecule has 26 heavy (non-hydrogen) atoms. The molecule has 0 amide bonds. The van der Waals surface area contributed by atoms with E-state index in [-0.39, 0.29) is 11.8 Å². The minimum atomic E-state index is 0.189. The summed E-state index contributed by atoms with van der Waals surface area (Å²) in [5, 5.41) is 13.0. The summed E-state index contributed by atoms with van der Waals surface area (Å²) in [6.07, 6.45) is 0.845. The highest BCUT2D eigenvalue weighted by atomic mass is 16.5. The van der Waals surface area contributed by atoms with E-state index in [0.717, 1.165) is 17.7 Å². The van der Waals surface area contributed by atoms with Gasteiger partial charge in [-0.3, -0.25) is 0 Å². The summed E-state index contributed by atoms with van der Waals surface area (Å²) >= 11 is 0. The number of methoxy groups -OCH3 is 2. The molecule has 0 saturated heterocycles. The van der Waals surface area contributed by atoms with E-state index in [2.05, 4.69) is 15.3 Å². The first-order chi connectivity index (χ1) is 12.7. The van der Waals surface area contributed by atoms with Gasteiger partial charge in [0.15, 0.2) is 0 Å². The molecule has 134 valence electrons. The van der Waals surface area contributed by atoms with Crippen molar-refractivity contribution in [1.29, 1.82) is 0 Å². The van der Waals surface area contributed by atoms with Crippen LogP contribution in [0, 0.1) is 0 Å². The number of hydrogen-bond donors (Lipinski definition) is 2. The van der Waals surface area contributed by atoms with Crippen LogP contribution in [0.15, 0.2) is 54.6 Å². The molecule has 0 unspecified atom stereocenters. The number of nitrogens with one attached hydrogen (secondary N) is 1. The molecule has 3 aromatic rings. The first-order valence-electron chi connectivity index (χ1n) is 8.27. The zero-order valence-corrected chi connectivity index (χ0v) is 14.8. The van der Waals surface area contributed by atoms with Crippen molar-refractivity contribution >= 4 is 5.82 Å². The fourth-order valence-electron chi connectivity index (χ4n) is 2.55. The Morgan fingerprint density at radius 3 is 2.46 bits per heavy atom. The van der Waals surface area contributed by atoms with Gasteiger partial charge in [0.25, 0.3) is 0 Å². The fraction of sp³-hybridized carbons (Fsp3) is 0.200. The smallest absolute Gasteiger partial charge is 0.318 e. The van der Waals surface area contributed by atoms with Crippen LogP contribution in [0.1, 0.15) is 5.56 Å². The molecule has 2 N–H and O–H groups in total. The van der Waals surface area contributed by atoms with Gasteiger partial charge < -0.3 is 19.9 Å². The second-order valence-electron chi connectivity index (χ2n) is 5.70. The molecule has 1 aromatic heterocycles. The topological polar surface area (TPSA) is 76.5 Å². The molecule has 0 aliphatic heterocycles. The number of aromatic hydroxyl groups is 1. The van der Waals surface area contributed by atoms with Gasteiger partial charge in [0.2, 0.25) is 0 Å². The summed E-state index contributed by atoms with van der Waals surface area (Å²) in [5.74, 6) is 1.70. The molecular weight excluding hydrogens is 330 g/mol. The van der Waals surface area contributed by atoms with Gasteiger partial charge in [-0.15, -0.1) is 0 Å². The lowest BCUT2D eigenvalue weighted by molar-refractivity contribution is 0.381. The van der Waals surface area contributed by atoms with E-state index in [1.807, 2.05) is 36.4 Å². The van der Waals surface area contributed by atoms with Crippen molar-refractivity contribution in [3.05, 3.63) is 60.2 Å². The van der Waals surface area contributed by atoms with Crippen LogP contribution in [-0.2, 0) is 6.42 Å². The Bertz CT molecular complexity index is 866. The molecule has 0 aliphatic carbocycles. The average molecular weight is 351 g/mol. The minimum absolute atomic E-state index is 0.189. The Morgan fingerprint density at radius 2 is 1.77 bits per heavy atom. The molecule has 6 nitrogen and oxygen atoms in total. The summed E-state index contributed by atoms with van der Waals surface area (Å²) in [5.41, 5.74) is 2.68. The molecule has 0 bridgehead atoms. The predicted octanol–water partition coefficient (Wildman–Crippen LogP) is 3.52. The summed E-state index contributed by atoms with van der Waals surface area (Å²) in [6, 6.07) is 17.0. The Balaban J connectivity index is 1.71. The molecule has 0 atom stereocenters. The van der Waals surface area contributed by atoms with Crippen molar-refractivity contribution in [1.82, 2.24) is 9.97 Å². The van der Waals surface area contributed by atoms with E-state index >= 15 is 0 Å². The predicted molar refractivity (Wildman–Crippen MR) is 101 cm³/mol. The lowest BCUT2D eigenvalue weighted by atomic mass is 10.1. The second-order valence-corrected chi connectivity index (χ2v) is 5.70. The van der Waals surface area contributed by atoms with E-state index in [1.165, 1.54) is 12.7 Å². The molecule has 2 aromatic carbocycles. The van der Waals surface area contributed by atoms with E-state index in [9.17, 15) is 5.11 Å². The number of benzene rings is 2. The van der Waals surface area contributed by atoms with Gasteiger partial charge in [0.05, 0.1) is 19.9 Å². The first-order valence-corrected chi connectivity index (χ1v) is 8.27. The van der Waals surface area contributed by atoms with Crippen LogP contribution in [0.25, 0.3) is 11.3 Å². The number of phenols is 1. The SMILES string of the molecule is COc1ccc(CCNc2cc(-c3cccc(O)c3)nc(OC)n2)cc1. The van der Waals surface area contributed by atoms with Crippen molar-refractivity contribution in [3.8, 4) is 28.8 Å². The third-order valence-electron chi connectivity index (χ3n) is 3.91. The Kier molecular flexibility index (Phi) is 5.53. The fourth-order valence-corrected chi connectivity index (χ4v) is 2.55. The molecule has 0 saturated carbocycles. The van der Waals surface area contributed by atoms with Crippen molar-refractivity contribution in [2.75, 3.05) is 26.1 Å². The van der Waals surface area contributed by atoms with Gasteiger partial charge in [0.1, 0.15) is 17.3 Å². The van der Waals surface area contributed by atoms with Crippen LogP contribution in [0.3, 0.4) is 0 Å². The zero-order chi connectivity index (χ0) is 18.4. The van der Waals surface area contributed by atoms with Crippen LogP contribution in [-0.4, -0.2) is 35.8 Å². The van der Waals surface area contributed by atoms with E-state index < -0.39 is 0 Å². The molecular formula is C20H21N3O3. The summed E-state index contributed by atoms with van der Waals surface area (Å²) in [7, 11) is 3.19. The van der Waals surface area contributed by atoms with Gasteiger partial charge in [-0.1, -0.05) is 24.3 Å². The summed E-state index contributed by atoms with van der Waals surface area (Å²) in [4.78, 5) is 8.68. The summed E-state index contributed by atoms with van der Waals surface area (Å²) in [6.45, 7) is 0.714. The first kappa shape index (κ1) is 17.5. The Hall–Kier alpha value is -3.28. The third kappa shape index (κ3) is 4.42. The number of hydrogen-bond acceptors (Lipinski definition) is 6. The second kappa shape index (κ2) is 8.20. The maximum atomic E-state index is 9.68. The highest BCUT2D eigenvalue weighted by molar-refractivity contribution is 5.64. The zero-order valence-electron chi connectivity index (χ0n) is 14.8. The van der Waals surface area contributed by atoms with Crippen molar-refractivity contribution in [3.63, 3.8) is 0 Å². The highest BCUT2D eigenvalue weighted by Gasteiger charge is 2.08. The largest absolute Gasteiger partial charge is 0.508 e.